The summed E-state index contributed by atoms with van der Waals surface area (Å²) < 4.78 is 20.3. The maximum absolute atomic E-state index is 14.7. The van der Waals surface area contributed by atoms with Crippen LogP contribution < -0.4 is 15.6 Å². The van der Waals surface area contributed by atoms with Crippen LogP contribution in [0, 0.1) is 5.82 Å². The summed E-state index contributed by atoms with van der Waals surface area (Å²) in [5.41, 5.74) is 8.17. The lowest BCUT2D eigenvalue weighted by atomic mass is 10.1. The average molecular weight is 556 g/mol. The second-order valence-corrected chi connectivity index (χ2v) is 9.73. The Morgan fingerprint density at radius 3 is 2.71 bits per heavy atom. The molecule has 1 fully saturated rings. The number of nitrogens with zero attached hydrogens (tertiary/aromatic N) is 5. The fraction of sp³-hybridized carbons (Fsp3) is 0.290. The lowest BCUT2D eigenvalue weighted by Crippen LogP contribution is -2.37. The second-order valence-electron chi connectivity index (χ2n) is 9.73. The first kappa shape index (κ1) is 28.0. The maximum atomic E-state index is 14.7. The Kier molecular flexibility index (Phi) is 9.00. The van der Waals surface area contributed by atoms with Gasteiger partial charge in [-0.05, 0) is 66.8 Å². The van der Waals surface area contributed by atoms with E-state index in [1.165, 1.54) is 6.20 Å². The van der Waals surface area contributed by atoms with Crippen molar-refractivity contribution in [2.24, 2.45) is 5.10 Å². The zero-order valence-electron chi connectivity index (χ0n) is 23.2. The number of aromatic hydroxyl groups is 1. The number of hydrogen-bond donors (Lipinski definition) is 3. The third kappa shape index (κ3) is 6.96. The van der Waals surface area contributed by atoms with Crippen molar-refractivity contribution in [2.45, 2.75) is 39.2 Å². The Morgan fingerprint density at radius 2 is 1.93 bits per heavy atom. The molecule has 10 heteroatoms. The molecule has 1 atom stereocenters. The third-order valence-corrected chi connectivity index (χ3v) is 7.02. The van der Waals surface area contributed by atoms with Crippen LogP contribution in [0.5, 0.6) is 5.75 Å². The number of hydrazone groups is 1. The van der Waals surface area contributed by atoms with Gasteiger partial charge >= 0.3 is 0 Å². The van der Waals surface area contributed by atoms with Gasteiger partial charge in [-0.1, -0.05) is 38.1 Å². The molecule has 0 aliphatic carbocycles. The molecule has 1 aliphatic rings. The highest BCUT2D eigenvalue weighted by Crippen LogP contribution is 2.27. The molecule has 1 aliphatic heterocycles. The number of aryl methyl sites for hydroxylation is 1. The van der Waals surface area contributed by atoms with Crippen molar-refractivity contribution in [1.82, 2.24) is 15.0 Å². The van der Waals surface area contributed by atoms with Crippen LogP contribution in [-0.2, 0) is 11.2 Å². The van der Waals surface area contributed by atoms with Crippen LogP contribution in [0.15, 0.2) is 72.0 Å². The molecule has 5 rings (SSSR count). The molecular formula is C31H34FN7O2. The molecule has 0 amide bonds. The lowest BCUT2D eigenvalue weighted by Gasteiger charge is -2.29. The lowest BCUT2D eigenvalue weighted by molar-refractivity contribution is 0.150. The Morgan fingerprint density at radius 1 is 1.07 bits per heavy atom. The van der Waals surface area contributed by atoms with E-state index in [2.05, 4.69) is 32.7 Å². The van der Waals surface area contributed by atoms with Gasteiger partial charge in [0.15, 0.2) is 11.6 Å². The molecule has 1 saturated heterocycles. The molecule has 212 valence electrons. The van der Waals surface area contributed by atoms with Gasteiger partial charge in [0.1, 0.15) is 5.75 Å². The number of phenolic OH excluding ortho intramolecular Hbond substituents is 1. The SMILES string of the molecule is CCc1nc(/C=N/Nc2ncc(F)c(N3CCOCCC3CC)n2)ccc1Nc1ccc(-c2cccc(O)c2)cc1. The number of rotatable bonds is 9. The van der Waals surface area contributed by atoms with Gasteiger partial charge in [0, 0.05) is 24.9 Å². The predicted octanol–water partition coefficient (Wildman–Crippen LogP) is 6.14. The van der Waals surface area contributed by atoms with Crippen molar-refractivity contribution < 1.29 is 14.2 Å². The highest BCUT2D eigenvalue weighted by Gasteiger charge is 2.24. The van der Waals surface area contributed by atoms with Gasteiger partial charge in [0.2, 0.25) is 5.95 Å². The van der Waals surface area contributed by atoms with Gasteiger partial charge in [-0.3, -0.25) is 0 Å². The minimum absolute atomic E-state index is 0.151. The summed E-state index contributed by atoms with van der Waals surface area (Å²) in [5.74, 6) is 0.240. The van der Waals surface area contributed by atoms with E-state index >= 15 is 0 Å². The number of hydrogen-bond acceptors (Lipinski definition) is 9. The van der Waals surface area contributed by atoms with E-state index in [1.807, 2.05) is 60.4 Å². The normalized spacial score (nSPS) is 15.6. The minimum atomic E-state index is -0.466. The third-order valence-electron chi connectivity index (χ3n) is 7.02. The molecule has 2 aromatic heterocycles. The highest BCUT2D eigenvalue weighted by molar-refractivity contribution is 5.79. The molecule has 9 nitrogen and oxygen atoms in total. The minimum Gasteiger partial charge on any atom is -0.508 e. The van der Waals surface area contributed by atoms with Crippen molar-refractivity contribution in [3.8, 4) is 16.9 Å². The predicted molar refractivity (Wildman–Crippen MR) is 161 cm³/mol. The number of halogens is 1. The number of aromatic nitrogens is 3. The van der Waals surface area contributed by atoms with Crippen molar-refractivity contribution >= 4 is 29.4 Å². The van der Waals surface area contributed by atoms with E-state index in [0.29, 0.717) is 25.5 Å². The molecule has 0 saturated carbocycles. The Balaban J connectivity index is 1.25. The summed E-state index contributed by atoms with van der Waals surface area (Å²) in [6.07, 6.45) is 5.17. The van der Waals surface area contributed by atoms with Crippen LogP contribution in [0.2, 0.25) is 0 Å². The molecule has 4 aromatic rings. The standard InChI is InChI=1S/C31H34FN7O2/c1-3-25-14-16-41-17-15-39(25)30-27(32)20-33-31(37-30)38-34-19-24-12-13-29(28(4-2)36-24)35-23-10-8-21(9-11-23)22-6-5-7-26(40)18-22/h5-13,18-20,25,35,40H,3-4,14-17H2,1-2H3,(H,33,37,38)/b34-19+. The Labute approximate surface area is 239 Å². The topological polar surface area (TPSA) is 108 Å². The number of ether oxygens (including phenoxy) is 1. The van der Waals surface area contributed by atoms with Crippen LogP contribution >= 0.6 is 0 Å². The Hall–Kier alpha value is -4.57. The average Bonchev–Trinajstić information content (AvgIpc) is 3.24. The number of pyridine rings is 1. The summed E-state index contributed by atoms with van der Waals surface area (Å²) in [6.45, 7) is 5.88. The highest BCUT2D eigenvalue weighted by atomic mass is 19.1. The largest absolute Gasteiger partial charge is 0.508 e. The van der Waals surface area contributed by atoms with Crippen LogP contribution in [0.3, 0.4) is 0 Å². The monoisotopic (exact) mass is 555 g/mol. The fourth-order valence-electron chi connectivity index (χ4n) is 4.86. The molecule has 1 unspecified atom stereocenters. The summed E-state index contributed by atoms with van der Waals surface area (Å²) in [4.78, 5) is 15.1. The van der Waals surface area contributed by atoms with Crippen LogP contribution in [0.1, 0.15) is 38.1 Å². The molecule has 41 heavy (non-hydrogen) atoms. The molecule has 0 bridgehead atoms. The van der Waals surface area contributed by atoms with E-state index in [-0.39, 0.29) is 23.6 Å². The van der Waals surface area contributed by atoms with Crippen LogP contribution in [-0.4, -0.2) is 52.1 Å². The number of anilines is 4. The molecule has 3 heterocycles. The van der Waals surface area contributed by atoms with Gasteiger partial charge in [-0.25, -0.2) is 19.8 Å². The van der Waals surface area contributed by atoms with E-state index in [4.69, 9.17) is 9.72 Å². The van der Waals surface area contributed by atoms with Gasteiger partial charge in [0.25, 0.3) is 0 Å². The van der Waals surface area contributed by atoms with Crippen molar-refractivity contribution in [3.05, 3.63) is 84.1 Å². The van der Waals surface area contributed by atoms with E-state index in [1.54, 1.807) is 18.3 Å². The number of phenols is 1. The first-order chi connectivity index (χ1) is 20.0. The number of benzene rings is 2. The zero-order valence-corrected chi connectivity index (χ0v) is 23.2. The quantitative estimate of drug-likeness (QED) is 0.167. The van der Waals surface area contributed by atoms with Gasteiger partial charge in [0.05, 0.1) is 36.1 Å². The second kappa shape index (κ2) is 13.2. The molecular weight excluding hydrogens is 521 g/mol. The zero-order chi connectivity index (χ0) is 28.6. The first-order valence-electron chi connectivity index (χ1n) is 13.9. The summed E-state index contributed by atoms with van der Waals surface area (Å²) in [7, 11) is 0. The fourth-order valence-corrected chi connectivity index (χ4v) is 4.86. The van der Waals surface area contributed by atoms with Crippen molar-refractivity contribution in [1.29, 1.82) is 0 Å². The van der Waals surface area contributed by atoms with E-state index < -0.39 is 5.82 Å². The Bertz CT molecular complexity index is 1500. The first-order valence-corrected chi connectivity index (χ1v) is 13.9. The summed E-state index contributed by atoms with van der Waals surface area (Å²) in [6, 6.07) is 19.2. The molecule has 0 spiro atoms. The van der Waals surface area contributed by atoms with E-state index in [9.17, 15) is 9.50 Å². The van der Waals surface area contributed by atoms with Crippen LogP contribution in [0.4, 0.5) is 27.5 Å². The van der Waals surface area contributed by atoms with Gasteiger partial charge < -0.3 is 20.1 Å². The van der Waals surface area contributed by atoms with Gasteiger partial charge in [-0.15, -0.1) is 0 Å². The molecule has 2 aromatic carbocycles. The summed E-state index contributed by atoms with van der Waals surface area (Å²) >= 11 is 0. The smallest absolute Gasteiger partial charge is 0.245 e. The molecule has 3 N–H and O–H groups in total. The van der Waals surface area contributed by atoms with Gasteiger partial charge in [-0.2, -0.15) is 10.1 Å². The van der Waals surface area contributed by atoms with E-state index in [0.717, 1.165) is 47.5 Å². The van der Waals surface area contributed by atoms with Crippen molar-refractivity contribution in [2.75, 3.05) is 35.4 Å². The maximum Gasteiger partial charge on any atom is 0.245 e. The summed E-state index contributed by atoms with van der Waals surface area (Å²) in [5, 5.41) is 17.4. The van der Waals surface area contributed by atoms with Crippen molar-refractivity contribution in [3.63, 3.8) is 0 Å². The molecule has 0 radical (unpaired) electrons. The van der Waals surface area contributed by atoms with Crippen LogP contribution in [0.25, 0.3) is 11.1 Å². The number of nitrogens with one attached hydrogen (secondary N) is 2.